The van der Waals surface area contributed by atoms with E-state index in [1.165, 1.54) is 11.3 Å². The standard InChI is InChI=1S/C16H13N3S/c1-2-4-13(5-3-1)15-14(12-6-8-17-9-7-12)18-16-19(15)10-11-20-16/h1-9H,10-11H2. The summed E-state index contributed by atoms with van der Waals surface area (Å²) < 4.78 is 2.33. The van der Waals surface area contributed by atoms with Gasteiger partial charge in [0.2, 0.25) is 0 Å². The minimum atomic E-state index is 1.03. The van der Waals surface area contributed by atoms with Crippen molar-refractivity contribution in [3.63, 3.8) is 0 Å². The highest BCUT2D eigenvalue weighted by atomic mass is 32.2. The van der Waals surface area contributed by atoms with E-state index >= 15 is 0 Å². The minimum Gasteiger partial charge on any atom is -0.318 e. The molecule has 0 bridgehead atoms. The molecule has 4 rings (SSSR count). The normalized spacial score (nSPS) is 13.4. The third-order valence-corrected chi connectivity index (χ3v) is 4.44. The Hall–Kier alpha value is -2.07. The fraction of sp³-hybridized carbons (Fsp3) is 0.125. The van der Waals surface area contributed by atoms with Gasteiger partial charge in [-0.1, -0.05) is 42.1 Å². The first-order valence-electron chi connectivity index (χ1n) is 6.62. The molecular formula is C16H13N3S. The van der Waals surface area contributed by atoms with Crippen LogP contribution in [-0.2, 0) is 6.54 Å². The minimum absolute atomic E-state index is 1.03. The number of imidazole rings is 1. The van der Waals surface area contributed by atoms with Crippen molar-refractivity contribution in [3.8, 4) is 22.5 Å². The van der Waals surface area contributed by atoms with Crippen LogP contribution in [0.25, 0.3) is 22.5 Å². The Morgan fingerprint density at radius 1 is 0.950 bits per heavy atom. The molecule has 0 radical (unpaired) electrons. The predicted octanol–water partition coefficient (Wildman–Crippen LogP) is 3.72. The van der Waals surface area contributed by atoms with Gasteiger partial charge in [0.25, 0.3) is 0 Å². The number of thioether (sulfide) groups is 1. The van der Waals surface area contributed by atoms with Crippen LogP contribution < -0.4 is 0 Å². The Labute approximate surface area is 121 Å². The third kappa shape index (κ3) is 1.84. The molecular weight excluding hydrogens is 266 g/mol. The van der Waals surface area contributed by atoms with Gasteiger partial charge in [0.1, 0.15) is 0 Å². The number of hydrogen-bond acceptors (Lipinski definition) is 3. The maximum atomic E-state index is 4.84. The summed E-state index contributed by atoms with van der Waals surface area (Å²) >= 11 is 1.83. The number of fused-ring (bicyclic) bond motifs is 1. The van der Waals surface area contributed by atoms with Gasteiger partial charge in [0.05, 0.1) is 11.4 Å². The number of rotatable bonds is 2. The first-order valence-corrected chi connectivity index (χ1v) is 7.61. The van der Waals surface area contributed by atoms with Gasteiger partial charge in [-0.3, -0.25) is 4.98 Å². The van der Waals surface area contributed by atoms with Crippen LogP contribution >= 0.6 is 11.8 Å². The largest absolute Gasteiger partial charge is 0.318 e. The van der Waals surface area contributed by atoms with Crippen LogP contribution in [0.2, 0.25) is 0 Å². The SMILES string of the molecule is c1ccc(-c2c(-c3ccncc3)nc3n2CCS3)cc1. The van der Waals surface area contributed by atoms with Gasteiger partial charge in [0, 0.05) is 35.8 Å². The highest BCUT2D eigenvalue weighted by Crippen LogP contribution is 2.38. The molecule has 3 aromatic rings. The Morgan fingerprint density at radius 3 is 2.55 bits per heavy atom. The molecule has 0 unspecified atom stereocenters. The van der Waals surface area contributed by atoms with Crippen molar-refractivity contribution in [2.75, 3.05) is 5.75 Å². The maximum absolute atomic E-state index is 4.84. The number of benzene rings is 1. The van der Waals surface area contributed by atoms with Gasteiger partial charge in [-0.05, 0) is 12.1 Å². The molecule has 2 aromatic heterocycles. The molecule has 0 saturated carbocycles. The van der Waals surface area contributed by atoms with E-state index in [0.717, 1.165) is 28.7 Å². The predicted molar refractivity (Wildman–Crippen MR) is 81.6 cm³/mol. The highest BCUT2D eigenvalue weighted by molar-refractivity contribution is 7.99. The second-order valence-corrected chi connectivity index (χ2v) is 5.76. The van der Waals surface area contributed by atoms with Crippen LogP contribution in [0, 0.1) is 0 Å². The fourth-order valence-corrected chi connectivity index (χ4v) is 3.53. The van der Waals surface area contributed by atoms with Crippen molar-refractivity contribution in [2.24, 2.45) is 0 Å². The summed E-state index contributed by atoms with van der Waals surface area (Å²) in [5.74, 6) is 1.11. The molecule has 1 aromatic carbocycles. The van der Waals surface area contributed by atoms with Gasteiger partial charge >= 0.3 is 0 Å². The molecule has 0 spiro atoms. The van der Waals surface area contributed by atoms with Gasteiger partial charge < -0.3 is 4.57 Å². The van der Waals surface area contributed by atoms with E-state index in [9.17, 15) is 0 Å². The molecule has 0 saturated heterocycles. The van der Waals surface area contributed by atoms with E-state index in [0.29, 0.717) is 0 Å². The molecule has 3 heterocycles. The summed E-state index contributed by atoms with van der Waals surface area (Å²) in [6.45, 7) is 1.03. The van der Waals surface area contributed by atoms with Crippen LogP contribution in [0.4, 0.5) is 0 Å². The zero-order valence-corrected chi connectivity index (χ0v) is 11.7. The average molecular weight is 279 g/mol. The number of pyridine rings is 1. The topological polar surface area (TPSA) is 30.7 Å². The lowest BCUT2D eigenvalue weighted by Gasteiger charge is -2.07. The Bertz CT molecular complexity index is 735. The van der Waals surface area contributed by atoms with Gasteiger partial charge in [-0.25, -0.2) is 4.98 Å². The summed E-state index contributed by atoms with van der Waals surface area (Å²) in [5.41, 5.74) is 4.62. The van der Waals surface area contributed by atoms with Gasteiger partial charge in [-0.15, -0.1) is 0 Å². The van der Waals surface area contributed by atoms with Crippen LogP contribution in [0.15, 0.2) is 60.0 Å². The molecule has 0 amide bonds. The van der Waals surface area contributed by atoms with E-state index in [1.54, 1.807) is 0 Å². The van der Waals surface area contributed by atoms with Crippen molar-refractivity contribution < 1.29 is 0 Å². The van der Waals surface area contributed by atoms with Gasteiger partial charge in [-0.2, -0.15) is 0 Å². The molecule has 20 heavy (non-hydrogen) atoms. The molecule has 1 aliphatic rings. The molecule has 4 heteroatoms. The van der Waals surface area contributed by atoms with Crippen molar-refractivity contribution in [1.29, 1.82) is 0 Å². The average Bonchev–Trinajstić information content (AvgIpc) is 3.09. The first-order chi connectivity index (χ1) is 9.93. The van der Waals surface area contributed by atoms with Crippen molar-refractivity contribution >= 4 is 11.8 Å². The zero-order chi connectivity index (χ0) is 13.4. The lowest BCUT2D eigenvalue weighted by atomic mass is 10.1. The zero-order valence-electron chi connectivity index (χ0n) is 10.9. The summed E-state index contributed by atoms with van der Waals surface area (Å²) in [4.78, 5) is 8.93. The third-order valence-electron chi connectivity index (χ3n) is 3.48. The second-order valence-electron chi connectivity index (χ2n) is 4.69. The monoisotopic (exact) mass is 279 g/mol. The van der Waals surface area contributed by atoms with E-state index < -0.39 is 0 Å². The maximum Gasteiger partial charge on any atom is 0.169 e. The lowest BCUT2D eigenvalue weighted by molar-refractivity contribution is 0.726. The summed E-state index contributed by atoms with van der Waals surface area (Å²) in [7, 11) is 0. The summed E-state index contributed by atoms with van der Waals surface area (Å²) in [5, 5.41) is 1.12. The number of nitrogens with zero attached hydrogens (tertiary/aromatic N) is 3. The van der Waals surface area contributed by atoms with E-state index in [1.807, 2.05) is 42.4 Å². The molecule has 0 fully saturated rings. The molecule has 0 N–H and O–H groups in total. The van der Waals surface area contributed by atoms with Crippen LogP contribution in [0.5, 0.6) is 0 Å². The fourth-order valence-electron chi connectivity index (χ4n) is 2.58. The molecule has 0 aliphatic carbocycles. The van der Waals surface area contributed by atoms with Crippen molar-refractivity contribution in [1.82, 2.24) is 14.5 Å². The second kappa shape index (κ2) is 4.80. The van der Waals surface area contributed by atoms with Crippen LogP contribution in [0.3, 0.4) is 0 Å². The Kier molecular flexibility index (Phi) is 2.81. The molecule has 1 aliphatic heterocycles. The van der Waals surface area contributed by atoms with E-state index in [4.69, 9.17) is 4.98 Å². The van der Waals surface area contributed by atoms with E-state index in [2.05, 4.69) is 33.8 Å². The van der Waals surface area contributed by atoms with Crippen LogP contribution in [0.1, 0.15) is 0 Å². The van der Waals surface area contributed by atoms with Gasteiger partial charge in [0.15, 0.2) is 5.16 Å². The van der Waals surface area contributed by atoms with Crippen molar-refractivity contribution in [3.05, 3.63) is 54.9 Å². The summed E-state index contributed by atoms with van der Waals surface area (Å²) in [6.07, 6.45) is 3.64. The summed E-state index contributed by atoms with van der Waals surface area (Å²) in [6, 6.07) is 14.5. The molecule has 98 valence electrons. The number of aromatic nitrogens is 3. The Balaban J connectivity index is 1.97. The highest BCUT2D eigenvalue weighted by Gasteiger charge is 2.23. The number of hydrogen-bond donors (Lipinski definition) is 0. The molecule has 3 nitrogen and oxygen atoms in total. The first kappa shape index (κ1) is 11.7. The van der Waals surface area contributed by atoms with E-state index in [-0.39, 0.29) is 0 Å². The van der Waals surface area contributed by atoms with Crippen LogP contribution in [-0.4, -0.2) is 20.3 Å². The quantitative estimate of drug-likeness (QED) is 0.716. The molecule has 0 atom stereocenters. The Morgan fingerprint density at radius 2 is 1.75 bits per heavy atom. The lowest BCUT2D eigenvalue weighted by Crippen LogP contribution is -1.97. The van der Waals surface area contributed by atoms with Crippen molar-refractivity contribution in [2.45, 2.75) is 11.7 Å². The smallest absolute Gasteiger partial charge is 0.169 e.